The number of fused-ring (bicyclic) bond motifs is 1. The average molecular weight is 280 g/mol. The number of rotatable bonds is 4. The third kappa shape index (κ3) is 2.05. The molecule has 0 radical (unpaired) electrons. The number of sulfonamides is 1. The van der Waals surface area contributed by atoms with Gasteiger partial charge in [-0.15, -0.1) is 0 Å². The van der Waals surface area contributed by atoms with Crippen LogP contribution in [0.25, 0.3) is 0 Å². The van der Waals surface area contributed by atoms with Gasteiger partial charge < -0.3 is 5.32 Å². The fourth-order valence-electron chi connectivity index (χ4n) is 3.89. The van der Waals surface area contributed by atoms with Crippen LogP contribution in [-0.2, 0) is 15.4 Å². The van der Waals surface area contributed by atoms with Crippen LogP contribution >= 0.6 is 0 Å². The van der Waals surface area contributed by atoms with Crippen LogP contribution in [0.15, 0.2) is 24.3 Å². The molecule has 2 N–H and O–H groups in total. The molecule has 1 aromatic carbocycles. The molecule has 2 fully saturated rings. The van der Waals surface area contributed by atoms with E-state index < -0.39 is 10.0 Å². The van der Waals surface area contributed by atoms with Crippen molar-refractivity contribution < 1.29 is 8.42 Å². The Labute approximate surface area is 114 Å². The third-order valence-corrected chi connectivity index (χ3v) is 5.23. The molecule has 1 aliphatic heterocycles. The van der Waals surface area contributed by atoms with Crippen LogP contribution in [0.1, 0.15) is 18.9 Å². The standard InChI is InChI=1S/C14H20N2O2S/c1-3-12-13-8-15-9-14(12,13)10-5-4-6-11(7-10)16-19(2,17)18/h4-7,12-13,15-16H,3,8-9H2,1-2H3. The molecule has 0 spiro atoms. The Morgan fingerprint density at radius 2 is 2.26 bits per heavy atom. The van der Waals surface area contributed by atoms with E-state index in [1.807, 2.05) is 18.2 Å². The highest BCUT2D eigenvalue weighted by Gasteiger charge is 2.66. The minimum Gasteiger partial charge on any atom is -0.316 e. The van der Waals surface area contributed by atoms with E-state index in [4.69, 9.17) is 0 Å². The minimum absolute atomic E-state index is 0.240. The lowest BCUT2D eigenvalue weighted by molar-refractivity contribution is 0.547. The summed E-state index contributed by atoms with van der Waals surface area (Å²) in [7, 11) is -3.21. The Morgan fingerprint density at radius 3 is 2.89 bits per heavy atom. The van der Waals surface area contributed by atoms with Crippen molar-refractivity contribution in [2.24, 2.45) is 11.8 Å². The number of hydrogen-bond donors (Lipinski definition) is 2. The van der Waals surface area contributed by atoms with E-state index >= 15 is 0 Å². The zero-order chi connectivity index (χ0) is 13.7. The lowest BCUT2D eigenvalue weighted by atomic mass is 9.92. The quantitative estimate of drug-likeness (QED) is 0.880. The molecule has 0 amide bonds. The van der Waals surface area contributed by atoms with Gasteiger partial charge in [-0.2, -0.15) is 0 Å². The molecular formula is C14H20N2O2S. The van der Waals surface area contributed by atoms with Gasteiger partial charge in [0, 0.05) is 17.6 Å². The van der Waals surface area contributed by atoms with Gasteiger partial charge in [0.15, 0.2) is 0 Å². The first kappa shape index (κ1) is 12.9. The molecule has 19 heavy (non-hydrogen) atoms. The first-order chi connectivity index (χ1) is 8.97. The van der Waals surface area contributed by atoms with Crippen LogP contribution in [0.3, 0.4) is 0 Å². The summed E-state index contributed by atoms with van der Waals surface area (Å²) in [6.07, 6.45) is 2.37. The summed E-state index contributed by atoms with van der Waals surface area (Å²) >= 11 is 0. The minimum atomic E-state index is -3.21. The van der Waals surface area contributed by atoms with Gasteiger partial charge in [0.05, 0.1) is 6.26 Å². The van der Waals surface area contributed by atoms with Crippen molar-refractivity contribution in [3.63, 3.8) is 0 Å². The molecule has 1 saturated heterocycles. The van der Waals surface area contributed by atoms with E-state index in [0.717, 1.165) is 19.0 Å². The van der Waals surface area contributed by atoms with Crippen molar-refractivity contribution in [2.45, 2.75) is 18.8 Å². The average Bonchev–Trinajstić information content (AvgIpc) is 2.74. The summed E-state index contributed by atoms with van der Waals surface area (Å²) < 4.78 is 25.2. The largest absolute Gasteiger partial charge is 0.316 e. The summed E-state index contributed by atoms with van der Waals surface area (Å²) in [6, 6.07) is 7.87. The second kappa shape index (κ2) is 4.21. The number of hydrogen-bond acceptors (Lipinski definition) is 3. The summed E-state index contributed by atoms with van der Waals surface area (Å²) in [4.78, 5) is 0. The third-order valence-electron chi connectivity index (χ3n) is 4.62. The second-order valence-corrected chi connectivity index (χ2v) is 7.50. The maximum atomic E-state index is 11.3. The van der Waals surface area contributed by atoms with Crippen LogP contribution in [-0.4, -0.2) is 27.8 Å². The van der Waals surface area contributed by atoms with Crippen LogP contribution in [0, 0.1) is 11.8 Å². The summed E-state index contributed by atoms with van der Waals surface area (Å²) in [6.45, 7) is 4.34. The number of benzene rings is 1. The van der Waals surface area contributed by atoms with Gasteiger partial charge in [0.1, 0.15) is 0 Å². The van der Waals surface area contributed by atoms with Crippen molar-refractivity contribution in [3.8, 4) is 0 Å². The van der Waals surface area contributed by atoms with Gasteiger partial charge in [0.2, 0.25) is 10.0 Å². The van der Waals surface area contributed by atoms with Crippen molar-refractivity contribution >= 4 is 15.7 Å². The Morgan fingerprint density at radius 1 is 1.47 bits per heavy atom. The molecule has 2 aliphatic rings. The normalized spacial score (nSPS) is 32.9. The SMILES string of the molecule is CCC1C2CNCC12c1cccc(NS(C)(=O)=O)c1. The summed E-state index contributed by atoms with van der Waals surface area (Å²) in [5, 5.41) is 3.45. The second-order valence-electron chi connectivity index (χ2n) is 5.75. The molecule has 3 unspecified atom stereocenters. The molecule has 1 aliphatic carbocycles. The first-order valence-electron chi connectivity index (χ1n) is 6.76. The van der Waals surface area contributed by atoms with E-state index in [9.17, 15) is 8.42 Å². The number of piperidine rings is 1. The van der Waals surface area contributed by atoms with Crippen molar-refractivity contribution in [1.82, 2.24) is 5.32 Å². The zero-order valence-corrected chi connectivity index (χ0v) is 12.1. The molecule has 0 aromatic heterocycles. The zero-order valence-electron chi connectivity index (χ0n) is 11.3. The first-order valence-corrected chi connectivity index (χ1v) is 8.65. The van der Waals surface area contributed by atoms with Gasteiger partial charge in [-0.1, -0.05) is 25.5 Å². The van der Waals surface area contributed by atoms with E-state index in [1.54, 1.807) is 0 Å². The van der Waals surface area contributed by atoms with E-state index in [0.29, 0.717) is 11.6 Å². The molecule has 1 aromatic rings. The highest BCUT2D eigenvalue weighted by Crippen LogP contribution is 2.63. The monoisotopic (exact) mass is 280 g/mol. The van der Waals surface area contributed by atoms with Crippen molar-refractivity contribution in [2.75, 3.05) is 24.1 Å². The van der Waals surface area contributed by atoms with E-state index in [2.05, 4.69) is 23.0 Å². The molecule has 0 bridgehead atoms. The summed E-state index contributed by atoms with van der Waals surface area (Å²) in [5.41, 5.74) is 2.18. The van der Waals surface area contributed by atoms with Gasteiger partial charge in [0.25, 0.3) is 0 Å². The van der Waals surface area contributed by atoms with Crippen LogP contribution < -0.4 is 10.0 Å². The van der Waals surface area contributed by atoms with Crippen molar-refractivity contribution in [3.05, 3.63) is 29.8 Å². The fourth-order valence-corrected chi connectivity index (χ4v) is 4.45. The van der Waals surface area contributed by atoms with Crippen molar-refractivity contribution in [1.29, 1.82) is 0 Å². The highest BCUT2D eigenvalue weighted by atomic mass is 32.2. The highest BCUT2D eigenvalue weighted by molar-refractivity contribution is 7.92. The van der Waals surface area contributed by atoms with Gasteiger partial charge in [-0.05, 0) is 36.1 Å². The van der Waals surface area contributed by atoms with Gasteiger partial charge in [-0.25, -0.2) is 8.42 Å². The number of anilines is 1. The molecule has 5 heteroatoms. The lowest BCUT2D eigenvalue weighted by Crippen LogP contribution is -2.23. The van der Waals surface area contributed by atoms with Crippen LogP contribution in [0.4, 0.5) is 5.69 Å². The van der Waals surface area contributed by atoms with Gasteiger partial charge >= 0.3 is 0 Å². The smallest absolute Gasteiger partial charge is 0.229 e. The predicted molar refractivity (Wildman–Crippen MR) is 76.7 cm³/mol. The molecule has 1 saturated carbocycles. The fraction of sp³-hybridized carbons (Fsp3) is 0.571. The van der Waals surface area contributed by atoms with Crippen LogP contribution in [0.2, 0.25) is 0 Å². The Kier molecular flexibility index (Phi) is 2.87. The molecular weight excluding hydrogens is 260 g/mol. The Hall–Kier alpha value is -1.07. The summed E-state index contributed by atoms with van der Waals surface area (Å²) in [5.74, 6) is 1.45. The topological polar surface area (TPSA) is 58.2 Å². The molecule has 104 valence electrons. The molecule has 4 nitrogen and oxygen atoms in total. The molecule has 3 atom stereocenters. The van der Waals surface area contributed by atoms with Crippen LogP contribution in [0.5, 0.6) is 0 Å². The maximum absolute atomic E-state index is 11.3. The van der Waals surface area contributed by atoms with Gasteiger partial charge in [-0.3, -0.25) is 4.72 Å². The number of nitrogens with one attached hydrogen (secondary N) is 2. The van der Waals surface area contributed by atoms with E-state index in [-0.39, 0.29) is 5.41 Å². The van der Waals surface area contributed by atoms with E-state index in [1.165, 1.54) is 18.2 Å². The predicted octanol–water partition coefficient (Wildman–Crippen LogP) is 1.56. The molecule has 3 rings (SSSR count). The Bertz CT molecular complexity index is 593. The maximum Gasteiger partial charge on any atom is 0.229 e. The lowest BCUT2D eigenvalue weighted by Gasteiger charge is -2.16. The molecule has 1 heterocycles. The Balaban J connectivity index is 1.92.